The predicted molar refractivity (Wildman–Crippen MR) is 84.5 cm³/mol. The van der Waals surface area contributed by atoms with Crippen LogP contribution in [0.15, 0.2) is 42.5 Å². The van der Waals surface area contributed by atoms with Crippen LogP contribution in [0.2, 0.25) is 0 Å². The Hall–Kier alpha value is -1.56. The molecular weight excluding hydrogens is 228 g/mol. The van der Waals surface area contributed by atoms with Gasteiger partial charge < -0.3 is 0 Å². The van der Waals surface area contributed by atoms with Gasteiger partial charge in [0.25, 0.3) is 0 Å². The van der Waals surface area contributed by atoms with Crippen LogP contribution in [-0.4, -0.2) is 0 Å². The van der Waals surface area contributed by atoms with Crippen LogP contribution in [0.4, 0.5) is 0 Å². The molecule has 2 aromatic carbocycles. The normalized spacial score (nSPS) is 11.6. The van der Waals surface area contributed by atoms with Crippen molar-refractivity contribution in [3.8, 4) is 11.1 Å². The molecule has 0 heteroatoms. The van der Waals surface area contributed by atoms with Gasteiger partial charge in [-0.3, -0.25) is 0 Å². The summed E-state index contributed by atoms with van der Waals surface area (Å²) in [5.74, 6) is 0. The van der Waals surface area contributed by atoms with Crippen LogP contribution in [0.5, 0.6) is 0 Å². The molecular formula is C19H24. The van der Waals surface area contributed by atoms with Gasteiger partial charge in [-0.25, -0.2) is 0 Å². The van der Waals surface area contributed by atoms with E-state index in [1.165, 1.54) is 27.8 Å². The molecule has 0 amide bonds. The Morgan fingerprint density at radius 2 is 1.32 bits per heavy atom. The third-order valence-electron chi connectivity index (χ3n) is 3.53. The van der Waals surface area contributed by atoms with Gasteiger partial charge in [-0.15, -0.1) is 0 Å². The highest BCUT2D eigenvalue weighted by molar-refractivity contribution is 5.65. The molecule has 0 atom stereocenters. The number of rotatable bonds is 2. The summed E-state index contributed by atoms with van der Waals surface area (Å²) in [7, 11) is 0. The average molecular weight is 252 g/mol. The molecule has 0 nitrogen and oxygen atoms in total. The number of hydrogen-bond acceptors (Lipinski definition) is 0. The molecule has 0 saturated carbocycles. The van der Waals surface area contributed by atoms with E-state index in [0.717, 1.165) is 6.42 Å². The summed E-state index contributed by atoms with van der Waals surface area (Å²) in [6.45, 7) is 11.2. The molecule has 0 bridgehead atoms. The fourth-order valence-corrected chi connectivity index (χ4v) is 2.35. The third-order valence-corrected chi connectivity index (χ3v) is 3.53. The van der Waals surface area contributed by atoms with E-state index in [2.05, 4.69) is 77.1 Å². The third kappa shape index (κ3) is 3.70. The van der Waals surface area contributed by atoms with Crippen LogP contribution in [0.25, 0.3) is 11.1 Å². The predicted octanol–water partition coefficient (Wildman–Crippen LogP) is 5.56. The van der Waals surface area contributed by atoms with Crippen molar-refractivity contribution in [3.05, 3.63) is 59.2 Å². The molecule has 0 saturated heterocycles. The Morgan fingerprint density at radius 1 is 0.737 bits per heavy atom. The van der Waals surface area contributed by atoms with Gasteiger partial charge in [-0.1, -0.05) is 63.2 Å². The minimum Gasteiger partial charge on any atom is -0.0599 e. The first-order chi connectivity index (χ1) is 8.85. The molecule has 19 heavy (non-hydrogen) atoms. The second-order valence-corrected chi connectivity index (χ2v) is 6.73. The second kappa shape index (κ2) is 5.21. The zero-order valence-corrected chi connectivity index (χ0v) is 12.7. The quantitative estimate of drug-likeness (QED) is 0.656. The summed E-state index contributed by atoms with van der Waals surface area (Å²) in [6, 6.07) is 15.7. The van der Waals surface area contributed by atoms with Crippen molar-refractivity contribution in [2.45, 2.75) is 41.0 Å². The lowest BCUT2D eigenvalue weighted by molar-refractivity contribution is 0.411. The summed E-state index contributed by atoms with van der Waals surface area (Å²) in [5, 5.41) is 0. The minimum atomic E-state index is 0.349. The maximum absolute atomic E-state index is 2.28. The molecule has 2 rings (SSSR count). The van der Waals surface area contributed by atoms with Crippen LogP contribution in [0.1, 0.15) is 37.5 Å². The summed E-state index contributed by atoms with van der Waals surface area (Å²) in [6.07, 6.45) is 1.13. The highest BCUT2D eigenvalue weighted by Gasteiger charge is 2.11. The van der Waals surface area contributed by atoms with Gasteiger partial charge in [0.1, 0.15) is 0 Å². The summed E-state index contributed by atoms with van der Waals surface area (Å²) < 4.78 is 0. The van der Waals surface area contributed by atoms with Crippen LogP contribution in [0.3, 0.4) is 0 Å². The molecule has 0 unspecified atom stereocenters. The average Bonchev–Trinajstić information content (AvgIpc) is 2.32. The summed E-state index contributed by atoms with van der Waals surface area (Å²) in [5.41, 5.74) is 7.10. The number of hydrogen-bond donors (Lipinski definition) is 0. The van der Waals surface area contributed by atoms with Crippen molar-refractivity contribution < 1.29 is 0 Å². The summed E-state index contributed by atoms with van der Waals surface area (Å²) in [4.78, 5) is 0. The van der Waals surface area contributed by atoms with E-state index in [4.69, 9.17) is 0 Å². The number of benzene rings is 2. The first kappa shape index (κ1) is 13.9. The molecule has 0 aliphatic heterocycles. The zero-order chi connectivity index (χ0) is 14.0. The van der Waals surface area contributed by atoms with E-state index in [0.29, 0.717) is 5.41 Å². The molecule has 0 aliphatic carbocycles. The largest absolute Gasteiger partial charge is 0.0599 e. The standard InChI is InChI=1S/C19H24/c1-14-6-9-18(12-15(14)2)17-10-7-16(8-11-17)13-19(3,4)5/h6-12H,13H2,1-5H3. The Bertz CT molecular complexity index is 554. The van der Waals surface area contributed by atoms with Crippen LogP contribution in [-0.2, 0) is 6.42 Å². The maximum atomic E-state index is 2.28. The molecule has 0 radical (unpaired) electrons. The molecule has 0 fully saturated rings. The molecule has 100 valence electrons. The lowest BCUT2D eigenvalue weighted by Crippen LogP contribution is -2.08. The van der Waals surface area contributed by atoms with Gasteiger partial charge in [0.05, 0.1) is 0 Å². The fraction of sp³-hybridized carbons (Fsp3) is 0.368. The molecule has 0 spiro atoms. The van der Waals surface area contributed by atoms with Crippen molar-refractivity contribution in [3.63, 3.8) is 0 Å². The first-order valence-corrected chi connectivity index (χ1v) is 7.02. The van der Waals surface area contributed by atoms with Gasteiger partial charge in [0, 0.05) is 0 Å². The molecule has 0 heterocycles. The van der Waals surface area contributed by atoms with Gasteiger partial charge >= 0.3 is 0 Å². The van der Waals surface area contributed by atoms with E-state index in [1.54, 1.807) is 0 Å². The maximum Gasteiger partial charge on any atom is -0.0181 e. The molecule has 2 aromatic rings. The highest BCUT2D eigenvalue weighted by atomic mass is 14.2. The van der Waals surface area contributed by atoms with E-state index in [9.17, 15) is 0 Å². The van der Waals surface area contributed by atoms with E-state index in [1.807, 2.05) is 0 Å². The van der Waals surface area contributed by atoms with Crippen LogP contribution in [0, 0.1) is 19.3 Å². The Balaban J connectivity index is 2.25. The van der Waals surface area contributed by atoms with Crippen LogP contribution >= 0.6 is 0 Å². The van der Waals surface area contributed by atoms with Crippen molar-refractivity contribution in [2.24, 2.45) is 5.41 Å². The Labute approximate surface area is 117 Å². The monoisotopic (exact) mass is 252 g/mol. The molecule has 0 aromatic heterocycles. The van der Waals surface area contributed by atoms with Gasteiger partial charge in [0.2, 0.25) is 0 Å². The fourth-order valence-electron chi connectivity index (χ4n) is 2.35. The lowest BCUT2D eigenvalue weighted by Gasteiger charge is -2.18. The Kier molecular flexibility index (Phi) is 3.80. The van der Waals surface area contributed by atoms with Crippen molar-refractivity contribution in [1.82, 2.24) is 0 Å². The van der Waals surface area contributed by atoms with Gasteiger partial charge in [-0.05, 0) is 53.5 Å². The van der Waals surface area contributed by atoms with Crippen molar-refractivity contribution in [1.29, 1.82) is 0 Å². The molecule has 0 N–H and O–H groups in total. The van der Waals surface area contributed by atoms with E-state index < -0.39 is 0 Å². The van der Waals surface area contributed by atoms with Gasteiger partial charge in [-0.2, -0.15) is 0 Å². The van der Waals surface area contributed by atoms with E-state index in [-0.39, 0.29) is 0 Å². The van der Waals surface area contributed by atoms with Crippen molar-refractivity contribution in [2.75, 3.05) is 0 Å². The number of aryl methyl sites for hydroxylation is 2. The zero-order valence-electron chi connectivity index (χ0n) is 12.7. The van der Waals surface area contributed by atoms with Gasteiger partial charge in [0.15, 0.2) is 0 Å². The Morgan fingerprint density at radius 3 is 1.84 bits per heavy atom. The smallest absolute Gasteiger partial charge is 0.0181 e. The van der Waals surface area contributed by atoms with Crippen LogP contribution < -0.4 is 0 Å². The topological polar surface area (TPSA) is 0 Å². The SMILES string of the molecule is Cc1ccc(-c2ccc(CC(C)(C)C)cc2)cc1C. The highest BCUT2D eigenvalue weighted by Crippen LogP contribution is 2.25. The molecule has 0 aliphatic rings. The summed E-state index contributed by atoms with van der Waals surface area (Å²) >= 11 is 0. The van der Waals surface area contributed by atoms with E-state index >= 15 is 0 Å². The second-order valence-electron chi connectivity index (χ2n) is 6.73. The minimum absolute atomic E-state index is 0.349. The van der Waals surface area contributed by atoms with Crippen molar-refractivity contribution >= 4 is 0 Å². The first-order valence-electron chi connectivity index (χ1n) is 7.02. The lowest BCUT2D eigenvalue weighted by atomic mass is 9.87.